The van der Waals surface area contributed by atoms with E-state index in [0.29, 0.717) is 17.9 Å². The molecule has 2 N–H and O–H groups in total. The number of carbonyl (C=O) groups excluding carboxylic acids is 1. The summed E-state index contributed by atoms with van der Waals surface area (Å²) in [4.78, 5) is 21.2. The Morgan fingerprint density at radius 1 is 0.935 bits per heavy atom. The molecule has 0 atom stereocenters. The lowest BCUT2D eigenvalue weighted by Gasteiger charge is -2.10. The Morgan fingerprint density at radius 3 is 2.55 bits per heavy atom. The number of rotatable bonds is 6. The first-order chi connectivity index (χ1) is 15.1. The Bertz CT molecular complexity index is 1210. The molecule has 6 heteroatoms. The van der Waals surface area contributed by atoms with Gasteiger partial charge in [-0.1, -0.05) is 42.0 Å². The van der Waals surface area contributed by atoms with Gasteiger partial charge >= 0.3 is 0 Å². The number of nitrogens with zero attached hydrogens (tertiary/aromatic N) is 2. The van der Waals surface area contributed by atoms with Crippen molar-refractivity contribution in [3.8, 4) is 11.3 Å². The maximum Gasteiger partial charge on any atom is 0.251 e. The molecule has 1 amide bonds. The molecule has 31 heavy (non-hydrogen) atoms. The SMILES string of the molecule is Cc1cccc(-c2cc(Nc3cccc(C(=O)NCc4ccc(F)cc4)c3)ncn2)c1. The average molecular weight is 412 g/mol. The number of aromatic nitrogens is 2. The van der Waals surface area contributed by atoms with Gasteiger partial charge in [0.1, 0.15) is 18.0 Å². The molecule has 0 aliphatic rings. The van der Waals surface area contributed by atoms with Crippen molar-refractivity contribution >= 4 is 17.4 Å². The van der Waals surface area contributed by atoms with Gasteiger partial charge in [0.15, 0.2) is 0 Å². The summed E-state index contributed by atoms with van der Waals surface area (Å²) in [6, 6.07) is 23.2. The summed E-state index contributed by atoms with van der Waals surface area (Å²) in [5, 5.41) is 6.08. The molecule has 154 valence electrons. The summed E-state index contributed by atoms with van der Waals surface area (Å²) in [5.41, 5.74) is 5.07. The first kappa shape index (κ1) is 20.2. The fourth-order valence-electron chi connectivity index (χ4n) is 3.16. The molecule has 0 radical (unpaired) electrons. The van der Waals surface area contributed by atoms with Gasteiger partial charge < -0.3 is 10.6 Å². The highest BCUT2D eigenvalue weighted by Gasteiger charge is 2.08. The minimum absolute atomic E-state index is 0.212. The van der Waals surface area contributed by atoms with Crippen LogP contribution in [-0.4, -0.2) is 15.9 Å². The number of benzene rings is 3. The zero-order valence-electron chi connectivity index (χ0n) is 17.0. The van der Waals surface area contributed by atoms with E-state index in [1.807, 2.05) is 37.3 Å². The highest BCUT2D eigenvalue weighted by Crippen LogP contribution is 2.22. The van der Waals surface area contributed by atoms with Crippen LogP contribution >= 0.6 is 0 Å². The molecule has 4 aromatic rings. The van der Waals surface area contributed by atoms with Crippen LogP contribution in [0.15, 0.2) is 85.2 Å². The maximum atomic E-state index is 13.0. The monoisotopic (exact) mass is 412 g/mol. The number of nitrogens with one attached hydrogen (secondary N) is 2. The highest BCUT2D eigenvalue weighted by molar-refractivity contribution is 5.95. The van der Waals surface area contributed by atoms with E-state index in [1.165, 1.54) is 18.5 Å². The fourth-order valence-corrected chi connectivity index (χ4v) is 3.16. The van der Waals surface area contributed by atoms with Crippen molar-refractivity contribution in [3.63, 3.8) is 0 Å². The van der Waals surface area contributed by atoms with Crippen molar-refractivity contribution in [2.75, 3.05) is 5.32 Å². The van der Waals surface area contributed by atoms with Gasteiger partial charge in [0.25, 0.3) is 5.91 Å². The molecule has 0 bridgehead atoms. The smallest absolute Gasteiger partial charge is 0.251 e. The van der Waals surface area contributed by atoms with Crippen molar-refractivity contribution in [2.24, 2.45) is 0 Å². The number of anilines is 2. The van der Waals surface area contributed by atoms with E-state index in [9.17, 15) is 9.18 Å². The van der Waals surface area contributed by atoms with Crippen LogP contribution in [0.1, 0.15) is 21.5 Å². The maximum absolute atomic E-state index is 13.0. The third-order valence-electron chi connectivity index (χ3n) is 4.74. The lowest BCUT2D eigenvalue weighted by molar-refractivity contribution is 0.0951. The van der Waals surface area contributed by atoms with Crippen molar-refractivity contribution in [2.45, 2.75) is 13.5 Å². The van der Waals surface area contributed by atoms with Gasteiger partial charge in [-0.3, -0.25) is 4.79 Å². The van der Waals surface area contributed by atoms with E-state index in [0.717, 1.165) is 28.1 Å². The van der Waals surface area contributed by atoms with Gasteiger partial charge in [0.2, 0.25) is 0 Å². The first-order valence-electron chi connectivity index (χ1n) is 9.86. The van der Waals surface area contributed by atoms with E-state index >= 15 is 0 Å². The van der Waals surface area contributed by atoms with Crippen molar-refractivity contribution in [1.29, 1.82) is 0 Å². The molecule has 0 spiro atoms. The lowest BCUT2D eigenvalue weighted by atomic mass is 10.1. The summed E-state index contributed by atoms with van der Waals surface area (Å²) in [7, 11) is 0. The number of aryl methyl sites for hydroxylation is 1. The average Bonchev–Trinajstić information content (AvgIpc) is 2.79. The molecule has 4 rings (SSSR count). The number of halogens is 1. The molecule has 0 saturated heterocycles. The molecular weight excluding hydrogens is 391 g/mol. The normalized spacial score (nSPS) is 10.5. The number of carbonyl (C=O) groups is 1. The predicted molar refractivity (Wildman–Crippen MR) is 119 cm³/mol. The van der Waals surface area contributed by atoms with Crippen LogP contribution in [-0.2, 0) is 6.54 Å². The van der Waals surface area contributed by atoms with Gasteiger partial charge in [-0.15, -0.1) is 0 Å². The molecule has 0 unspecified atom stereocenters. The second-order valence-corrected chi connectivity index (χ2v) is 7.17. The largest absolute Gasteiger partial charge is 0.348 e. The Balaban J connectivity index is 1.45. The summed E-state index contributed by atoms with van der Waals surface area (Å²) < 4.78 is 13.0. The van der Waals surface area contributed by atoms with Crippen LogP contribution in [0, 0.1) is 12.7 Å². The quantitative estimate of drug-likeness (QED) is 0.453. The van der Waals surface area contributed by atoms with E-state index in [4.69, 9.17) is 0 Å². The highest BCUT2D eigenvalue weighted by atomic mass is 19.1. The lowest BCUT2D eigenvalue weighted by Crippen LogP contribution is -2.22. The molecule has 0 aliphatic carbocycles. The van der Waals surface area contributed by atoms with Crippen LogP contribution in [0.5, 0.6) is 0 Å². The summed E-state index contributed by atoms with van der Waals surface area (Å²) in [6.07, 6.45) is 1.51. The van der Waals surface area contributed by atoms with Gasteiger partial charge in [-0.25, -0.2) is 14.4 Å². The standard InChI is InChI=1S/C25H21FN4O/c1-17-4-2-5-19(12-17)23-14-24(29-16-28-23)30-22-7-3-6-20(13-22)25(31)27-15-18-8-10-21(26)11-9-18/h2-14,16H,15H2,1H3,(H,27,31)(H,28,29,30). The van der Waals surface area contributed by atoms with Crippen LogP contribution in [0.3, 0.4) is 0 Å². The summed E-state index contributed by atoms with van der Waals surface area (Å²) in [5.74, 6) is 0.121. The summed E-state index contributed by atoms with van der Waals surface area (Å²) in [6.45, 7) is 2.36. The van der Waals surface area contributed by atoms with Crippen molar-refractivity contribution in [3.05, 3.63) is 108 Å². The molecule has 1 heterocycles. The van der Waals surface area contributed by atoms with Gasteiger partial charge in [0, 0.05) is 29.4 Å². The topological polar surface area (TPSA) is 66.9 Å². The Labute approximate surface area is 180 Å². The molecule has 5 nitrogen and oxygen atoms in total. The second-order valence-electron chi connectivity index (χ2n) is 7.17. The molecular formula is C25H21FN4O. The molecule has 0 fully saturated rings. The molecule has 0 aliphatic heterocycles. The number of hydrogen-bond donors (Lipinski definition) is 2. The zero-order chi connectivity index (χ0) is 21.6. The molecule has 3 aromatic carbocycles. The Hall–Kier alpha value is -4.06. The minimum Gasteiger partial charge on any atom is -0.348 e. The van der Waals surface area contributed by atoms with Crippen LogP contribution < -0.4 is 10.6 Å². The third kappa shape index (κ3) is 5.30. The third-order valence-corrected chi connectivity index (χ3v) is 4.74. The van der Waals surface area contributed by atoms with E-state index in [-0.39, 0.29) is 11.7 Å². The Morgan fingerprint density at radius 2 is 1.74 bits per heavy atom. The second kappa shape index (κ2) is 9.17. The Kier molecular flexibility index (Phi) is 5.98. The number of hydrogen-bond acceptors (Lipinski definition) is 4. The van der Waals surface area contributed by atoms with Gasteiger partial charge in [-0.05, 0) is 48.9 Å². The number of amides is 1. The van der Waals surface area contributed by atoms with E-state index < -0.39 is 0 Å². The van der Waals surface area contributed by atoms with Gasteiger partial charge in [0.05, 0.1) is 5.69 Å². The minimum atomic E-state index is -0.302. The van der Waals surface area contributed by atoms with Gasteiger partial charge in [-0.2, -0.15) is 0 Å². The van der Waals surface area contributed by atoms with Crippen LogP contribution in [0.4, 0.5) is 15.9 Å². The summed E-state index contributed by atoms with van der Waals surface area (Å²) >= 11 is 0. The predicted octanol–water partition coefficient (Wildman–Crippen LogP) is 5.26. The molecule has 0 saturated carbocycles. The van der Waals surface area contributed by atoms with Crippen LogP contribution in [0.25, 0.3) is 11.3 Å². The van der Waals surface area contributed by atoms with E-state index in [2.05, 4.69) is 26.7 Å². The van der Waals surface area contributed by atoms with Crippen molar-refractivity contribution < 1.29 is 9.18 Å². The van der Waals surface area contributed by atoms with E-state index in [1.54, 1.807) is 30.3 Å². The molecule has 1 aromatic heterocycles. The van der Waals surface area contributed by atoms with Crippen molar-refractivity contribution in [1.82, 2.24) is 15.3 Å². The fraction of sp³-hybridized carbons (Fsp3) is 0.0800. The zero-order valence-corrected chi connectivity index (χ0v) is 17.0. The van der Waals surface area contributed by atoms with Crippen LogP contribution in [0.2, 0.25) is 0 Å². The first-order valence-corrected chi connectivity index (χ1v) is 9.86.